The summed E-state index contributed by atoms with van der Waals surface area (Å²) in [5.41, 5.74) is 4.37. The molecule has 0 spiro atoms. The first-order chi connectivity index (χ1) is 18.0. The van der Waals surface area contributed by atoms with E-state index < -0.39 is 11.7 Å². The molecule has 3 heterocycles. The molecular formula is C29H27FN4O3. The number of fused-ring (bicyclic) bond motifs is 2. The largest absolute Gasteiger partial charge is 0.458 e. The van der Waals surface area contributed by atoms with E-state index in [0.29, 0.717) is 28.5 Å². The molecule has 3 aromatic carbocycles. The number of halogens is 1. The Morgan fingerprint density at radius 2 is 1.73 bits per heavy atom. The lowest BCUT2D eigenvalue weighted by Gasteiger charge is -2.32. The Bertz CT molecular complexity index is 1390. The number of hydrogen-bond donors (Lipinski definition) is 1. The normalized spacial score (nSPS) is 19.6. The molecule has 0 saturated carbocycles. The SMILES string of the molecule is CN1CCN(Cc2ccc(N=C(c3ccc4c(c3)OC=CO4)C3C(=O)Nc4cc(F)ccc43)cc2)CC1. The fraction of sp³-hybridized carbons (Fsp3) is 0.241. The third-order valence-corrected chi connectivity index (χ3v) is 6.99. The van der Waals surface area contributed by atoms with Crippen LogP contribution < -0.4 is 14.8 Å². The average molecular weight is 499 g/mol. The van der Waals surface area contributed by atoms with Gasteiger partial charge in [0.1, 0.15) is 24.3 Å². The summed E-state index contributed by atoms with van der Waals surface area (Å²) in [4.78, 5) is 22.9. The number of hydrogen-bond acceptors (Lipinski definition) is 6. The molecule has 0 aromatic heterocycles. The van der Waals surface area contributed by atoms with Crippen LogP contribution in [0.15, 0.2) is 78.2 Å². The van der Waals surface area contributed by atoms with E-state index in [0.717, 1.165) is 44.0 Å². The van der Waals surface area contributed by atoms with Crippen LogP contribution in [0.4, 0.5) is 15.8 Å². The Labute approximate surface area is 214 Å². The van der Waals surface area contributed by atoms with Gasteiger partial charge in [-0.15, -0.1) is 0 Å². The maximum atomic E-state index is 13.9. The molecule has 37 heavy (non-hydrogen) atoms. The molecule has 1 unspecified atom stereocenters. The van der Waals surface area contributed by atoms with Crippen LogP contribution in [0, 0.1) is 5.82 Å². The number of anilines is 1. The number of amides is 1. The van der Waals surface area contributed by atoms with Crippen LogP contribution in [0.1, 0.15) is 22.6 Å². The zero-order valence-electron chi connectivity index (χ0n) is 20.5. The van der Waals surface area contributed by atoms with Gasteiger partial charge in [-0.2, -0.15) is 0 Å². The van der Waals surface area contributed by atoms with Crippen LogP contribution >= 0.6 is 0 Å². The first-order valence-corrected chi connectivity index (χ1v) is 12.3. The minimum absolute atomic E-state index is 0.249. The van der Waals surface area contributed by atoms with E-state index in [1.807, 2.05) is 24.3 Å². The van der Waals surface area contributed by atoms with E-state index in [1.54, 1.807) is 12.1 Å². The smallest absolute Gasteiger partial charge is 0.238 e. The third-order valence-electron chi connectivity index (χ3n) is 6.99. The molecule has 8 heteroatoms. The van der Waals surface area contributed by atoms with Gasteiger partial charge >= 0.3 is 0 Å². The third kappa shape index (κ3) is 4.85. The second-order valence-electron chi connectivity index (χ2n) is 9.57. The van der Waals surface area contributed by atoms with Crippen LogP contribution in [-0.4, -0.2) is 54.6 Å². The summed E-state index contributed by atoms with van der Waals surface area (Å²) >= 11 is 0. The molecular weight excluding hydrogens is 471 g/mol. The molecule has 7 nitrogen and oxygen atoms in total. The topological polar surface area (TPSA) is 66.4 Å². The molecule has 1 N–H and O–H groups in total. The van der Waals surface area contributed by atoms with E-state index in [-0.39, 0.29) is 5.91 Å². The second-order valence-corrected chi connectivity index (χ2v) is 9.57. The molecule has 3 aliphatic heterocycles. The number of nitrogens with zero attached hydrogens (tertiary/aromatic N) is 3. The van der Waals surface area contributed by atoms with Gasteiger partial charge in [-0.25, -0.2) is 4.39 Å². The summed E-state index contributed by atoms with van der Waals surface area (Å²) < 4.78 is 25.0. The highest BCUT2D eigenvalue weighted by Crippen LogP contribution is 2.39. The Kier molecular flexibility index (Phi) is 6.20. The second kappa shape index (κ2) is 9.80. The van der Waals surface area contributed by atoms with Gasteiger partial charge in [-0.3, -0.25) is 14.7 Å². The van der Waals surface area contributed by atoms with Crippen LogP contribution in [-0.2, 0) is 11.3 Å². The molecule has 6 rings (SSSR count). The van der Waals surface area contributed by atoms with E-state index in [9.17, 15) is 9.18 Å². The highest BCUT2D eigenvalue weighted by molar-refractivity contribution is 6.24. The predicted octanol–water partition coefficient (Wildman–Crippen LogP) is 4.67. The first-order valence-electron chi connectivity index (χ1n) is 12.3. The highest BCUT2D eigenvalue weighted by atomic mass is 19.1. The van der Waals surface area contributed by atoms with Gasteiger partial charge in [0.2, 0.25) is 5.91 Å². The molecule has 1 amide bonds. The summed E-state index contributed by atoms with van der Waals surface area (Å²) in [7, 11) is 2.15. The lowest BCUT2D eigenvalue weighted by atomic mass is 9.90. The summed E-state index contributed by atoms with van der Waals surface area (Å²) in [6, 6.07) is 17.9. The highest BCUT2D eigenvalue weighted by Gasteiger charge is 2.36. The maximum Gasteiger partial charge on any atom is 0.238 e. The number of piperazine rings is 1. The molecule has 0 aliphatic carbocycles. The van der Waals surface area contributed by atoms with E-state index >= 15 is 0 Å². The molecule has 3 aromatic rings. The van der Waals surface area contributed by atoms with Gasteiger partial charge in [0.15, 0.2) is 11.5 Å². The fourth-order valence-electron chi connectivity index (χ4n) is 4.94. The predicted molar refractivity (Wildman–Crippen MR) is 140 cm³/mol. The van der Waals surface area contributed by atoms with Gasteiger partial charge in [-0.05, 0) is 60.6 Å². The van der Waals surface area contributed by atoms with Gasteiger partial charge in [0.25, 0.3) is 0 Å². The number of nitrogens with one attached hydrogen (secondary N) is 1. The van der Waals surface area contributed by atoms with Gasteiger partial charge in [-0.1, -0.05) is 18.2 Å². The van der Waals surface area contributed by atoms with Crippen molar-refractivity contribution in [2.75, 3.05) is 38.5 Å². The van der Waals surface area contributed by atoms with Crippen molar-refractivity contribution in [2.24, 2.45) is 4.99 Å². The number of likely N-dealkylation sites (N-methyl/N-ethyl adjacent to an activating group) is 1. The number of rotatable bonds is 5. The van der Waals surface area contributed by atoms with Crippen molar-refractivity contribution in [2.45, 2.75) is 12.5 Å². The molecule has 1 atom stereocenters. The summed E-state index contributed by atoms with van der Waals surface area (Å²) in [5.74, 6) is -0.232. The average Bonchev–Trinajstić information content (AvgIpc) is 3.23. The quantitative estimate of drug-likeness (QED) is 0.518. The zero-order valence-corrected chi connectivity index (χ0v) is 20.5. The summed E-state index contributed by atoms with van der Waals surface area (Å²) in [6.07, 6.45) is 2.93. The standard InChI is InChI=1S/C29H27FN4O3/c1-33-10-12-34(13-11-33)18-19-2-6-22(7-3-19)31-28(20-4-9-25-26(16-20)37-15-14-36-25)27-23-8-5-21(30)17-24(23)32-29(27)35/h2-9,14-17,27H,10-13,18H2,1H3,(H,32,35). The van der Waals surface area contributed by atoms with Crippen molar-refractivity contribution in [1.82, 2.24) is 9.80 Å². The minimum atomic E-state index is -0.696. The number of ether oxygens (including phenoxy) is 2. The number of benzene rings is 3. The zero-order chi connectivity index (χ0) is 25.4. The molecule has 1 saturated heterocycles. The van der Waals surface area contributed by atoms with Crippen molar-refractivity contribution < 1.29 is 18.7 Å². The van der Waals surface area contributed by atoms with Crippen molar-refractivity contribution in [3.8, 4) is 11.5 Å². The van der Waals surface area contributed by atoms with Gasteiger partial charge in [0, 0.05) is 44.0 Å². The number of carbonyl (C=O) groups is 1. The summed E-state index contributed by atoms with van der Waals surface area (Å²) in [5, 5.41) is 2.81. The van der Waals surface area contributed by atoms with Gasteiger partial charge < -0.3 is 19.7 Å². The Hall–Kier alpha value is -4.01. The Balaban J connectivity index is 1.35. The molecule has 1 fully saturated rings. The number of carbonyl (C=O) groups excluding carboxylic acids is 1. The molecule has 0 bridgehead atoms. The Morgan fingerprint density at radius 1 is 0.973 bits per heavy atom. The van der Waals surface area contributed by atoms with Gasteiger partial charge in [0.05, 0.1) is 11.4 Å². The lowest BCUT2D eigenvalue weighted by Crippen LogP contribution is -2.43. The van der Waals surface area contributed by atoms with Crippen LogP contribution in [0.25, 0.3) is 0 Å². The lowest BCUT2D eigenvalue weighted by molar-refractivity contribution is -0.115. The minimum Gasteiger partial charge on any atom is -0.458 e. The maximum absolute atomic E-state index is 13.9. The van der Waals surface area contributed by atoms with Crippen molar-refractivity contribution in [3.05, 3.63) is 95.7 Å². The van der Waals surface area contributed by atoms with Crippen LogP contribution in [0.5, 0.6) is 11.5 Å². The van der Waals surface area contributed by atoms with Crippen molar-refractivity contribution >= 4 is 23.0 Å². The van der Waals surface area contributed by atoms with Crippen molar-refractivity contribution in [1.29, 1.82) is 0 Å². The van der Waals surface area contributed by atoms with Crippen molar-refractivity contribution in [3.63, 3.8) is 0 Å². The summed E-state index contributed by atoms with van der Waals surface area (Å²) in [6.45, 7) is 5.15. The number of aliphatic imine (C=N–C) groups is 1. The van der Waals surface area contributed by atoms with Crippen LogP contribution in [0.3, 0.4) is 0 Å². The Morgan fingerprint density at radius 3 is 2.51 bits per heavy atom. The monoisotopic (exact) mass is 498 g/mol. The molecule has 0 radical (unpaired) electrons. The van der Waals surface area contributed by atoms with E-state index in [4.69, 9.17) is 14.5 Å². The van der Waals surface area contributed by atoms with E-state index in [1.165, 1.54) is 30.2 Å². The van der Waals surface area contributed by atoms with E-state index in [2.05, 4.69) is 34.3 Å². The first kappa shape index (κ1) is 23.4. The fourth-order valence-corrected chi connectivity index (χ4v) is 4.94. The molecule has 3 aliphatic rings. The van der Waals surface area contributed by atoms with Crippen LogP contribution in [0.2, 0.25) is 0 Å². The molecule has 188 valence electrons.